The number of rotatable bonds is 8. The van der Waals surface area contributed by atoms with E-state index in [9.17, 15) is 19.6 Å². The zero-order valence-corrected chi connectivity index (χ0v) is 33.3. The zero-order chi connectivity index (χ0) is 38.8. The van der Waals surface area contributed by atoms with E-state index in [0.717, 1.165) is 114 Å². The van der Waals surface area contributed by atoms with Gasteiger partial charge in [0.2, 0.25) is 11.8 Å². The van der Waals surface area contributed by atoms with Gasteiger partial charge in [0.15, 0.2) is 0 Å². The molecule has 3 aromatic carbocycles. The number of halogens is 1. The summed E-state index contributed by atoms with van der Waals surface area (Å²) in [5, 5.41) is 15.5. The quantitative estimate of drug-likeness (QED) is 0.235. The summed E-state index contributed by atoms with van der Waals surface area (Å²) in [5.41, 5.74) is 6.14. The molecule has 2 N–H and O–H groups in total. The number of imide groups is 1. The smallest absolute Gasteiger partial charge is 0.253 e. The van der Waals surface area contributed by atoms with Crippen LogP contribution in [0.25, 0.3) is 0 Å². The highest BCUT2D eigenvalue weighted by atomic mass is 35.5. The van der Waals surface area contributed by atoms with E-state index in [-0.39, 0.29) is 29.2 Å². The van der Waals surface area contributed by atoms with E-state index in [1.807, 2.05) is 30.3 Å². The van der Waals surface area contributed by atoms with Gasteiger partial charge >= 0.3 is 0 Å². The number of amides is 3. The third-order valence-electron chi connectivity index (χ3n) is 13.4. The number of benzene rings is 3. The lowest BCUT2D eigenvalue weighted by molar-refractivity contribution is -0.133. The van der Waals surface area contributed by atoms with E-state index in [4.69, 9.17) is 11.6 Å². The van der Waals surface area contributed by atoms with Crippen molar-refractivity contribution in [3.8, 4) is 6.07 Å². The topological polar surface area (TPSA) is 112 Å². The number of nitrogens with one attached hydrogen (secondary N) is 2. The van der Waals surface area contributed by atoms with Crippen molar-refractivity contribution in [1.29, 1.82) is 5.26 Å². The van der Waals surface area contributed by atoms with Crippen LogP contribution in [0, 0.1) is 22.7 Å². The molecule has 3 aromatic rings. The van der Waals surface area contributed by atoms with Gasteiger partial charge in [0.1, 0.15) is 12.1 Å². The van der Waals surface area contributed by atoms with Crippen LogP contribution in [-0.4, -0.2) is 92.0 Å². The second kappa shape index (κ2) is 16.5. The van der Waals surface area contributed by atoms with Crippen molar-refractivity contribution >= 4 is 46.4 Å². The maximum atomic E-state index is 13.5. The second-order valence-corrected chi connectivity index (χ2v) is 17.5. The van der Waals surface area contributed by atoms with Crippen LogP contribution in [0.2, 0.25) is 5.02 Å². The van der Waals surface area contributed by atoms with Crippen molar-refractivity contribution in [1.82, 2.24) is 15.1 Å². The Hall–Kier alpha value is -4.59. The Balaban J connectivity index is 0.752. The molecule has 1 spiro atoms. The van der Waals surface area contributed by atoms with E-state index in [1.54, 1.807) is 0 Å². The first-order valence-corrected chi connectivity index (χ1v) is 21.1. The molecule has 5 aliphatic rings. The molecule has 0 bridgehead atoms. The molecule has 56 heavy (non-hydrogen) atoms. The summed E-state index contributed by atoms with van der Waals surface area (Å²) in [5.74, 6) is 0.864. The van der Waals surface area contributed by atoms with Gasteiger partial charge in [-0.05, 0) is 149 Å². The second-order valence-electron chi connectivity index (χ2n) is 17.1. The van der Waals surface area contributed by atoms with Crippen molar-refractivity contribution in [3.05, 3.63) is 88.4 Å². The summed E-state index contributed by atoms with van der Waals surface area (Å²) in [6.07, 6.45) is 8.69. The maximum absolute atomic E-state index is 13.5. The minimum Gasteiger partial charge on any atom is -0.374 e. The number of likely N-dealkylation sites (tertiary alicyclic amines) is 2. The number of hydrogen-bond acceptors (Lipinski definition) is 8. The average molecular weight is 776 g/mol. The predicted octanol–water partition coefficient (Wildman–Crippen LogP) is 7.05. The molecule has 5 aliphatic heterocycles. The van der Waals surface area contributed by atoms with Crippen LogP contribution in [-0.2, 0) is 9.59 Å². The van der Waals surface area contributed by atoms with Crippen molar-refractivity contribution in [2.45, 2.75) is 82.7 Å². The van der Waals surface area contributed by atoms with Crippen LogP contribution >= 0.6 is 11.6 Å². The molecule has 0 radical (unpaired) electrons. The molecule has 294 valence electrons. The monoisotopic (exact) mass is 775 g/mol. The van der Waals surface area contributed by atoms with Crippen LogP contribution in [0.15, 0.2) is 66.7 Å². The van der Waals surface area contributed by atoms with Crippen molar-refractivity contribution in [2.75, 3.05) is 67.5 Å². The van der Waals surface area contributed by atoms with Crippen molar-refractivity contribution in [2.24, 2.45) is 11.3 Å². The van der Waals surface area contributed by atoms with E-state index in [2.05, 4.69) is 79.6 Å². The molecule has 3 amide bonds. The van der Waals surface area contributed by atoms with E-state index in [0.29, 0.717) is 41.3 Å². The highest BCUT2D eigenvalue weighted by Crippen LogP contribution is 2.46. The first-order valence-electron chi connectivity index (χ1n) is 20.7. The lowest BCUT2D eigenvalue weighted by Crippen LogP contribution is -2.47. The van der Waals surface area contributed by atoms with Crippen LogP contribution < -0.4 is 20.4 Å². The third kappa shape index (κ3) is 8.40. The molecule has 5 saturated heterocycles. The zero-order valence-electron chi connectivity index (χ0n) is 32.5. The van der Waals surface area contributed by atoms with Crippen LogP contribution in [0.4, 0.5) is 17.1 Å². The molecular formula is C45H54ClN7O3. The van der Waals surface area contributed by atoms with Gasteiger partial charge in [0.25, 0.3) is 5.91 Å². The Bertz CT molecular complexity index is 1940. The number of hydrogen-bond donors (Lipinski definition) is 2. The summed E-state index contributed by atoms with van der Waals surface area (Å²) < 4.78 is 0. The molecule has 5 fully saturated rings. The van der Waals surface area contributed by atoms with E-state index in [1.165, 1.54) is 11.3 Å². The van der Waals surface area contributed by atoms with Gasteiger partial charge in [-0.1, -0.05) is 23.7 Å². The summed E-state index contributed by atoms with van der Waals surface area (Å²) >= 11 is 6.38. The fourth-order valence-corrected chi connectivity index (χ4v) is 10.3. The normalized spacial score (nSPS) is 23.6. The molecule has 8 rings (SSSR count). The Morgan fingerprint density at radius 1 is 0.893 bits per heavy atom. The van der Waals surface area contributed by atoms with Crippen LogP contribution in [0.5, 0.6) is 0 Å². The van der Waals surface area contributed by atoms with Gasteiger partial charge in [-0.25, -0.2) is 0 Å². The van der Waals surface area contributed by atoms with Gasteiger partial charge in [-0.3, -0.25) is 19.7 Å². The number of carbonyl (C=O) groups is 3. The highest BCUT2D eigenvalue weighted by Gasteiger charge is 2.44. The van der Waals surface area contributed by atoms with Gasteiger partial charge in [-0.15, -0.1) is 0 Å². The largest absolute Gasteiger partial charge is 0.374 e. The standard InChI is InChI=1S/C45H54ClN7O3/c1-31-27-45(30-53(31)39-11-6-36(28-47)40(46)26-39)18-24-51(25-19-45)38-9-4-35(5-10-38)44(56)52-22-14-32(15-23-52)29-50-20-16-34(17-21-50)33-2-7-37(8-3-33)48-41-12-13-42(54)49-43(41)55/h2-11,26,31-32,34,41,48H,12-25,27,29-30H2,1H3,(H,49,54,55)/t31-,41?/m1/s1. The molecule has 1 unspecified atom stereocenters. The summed E-state index contributed by atoms with van der Waals surface area (Å²) in [6.45, 7) is 10.3. The minimum absolute atomic E-state index is 0.148. The minimum atomic E-state index is -0.364. The number of anilines is 3. The average Bonchev–Trinajstić information content (AvgIpc) is 3.54. The maximum Gasteiger partial charge on any atom is 0.253 e. The molecule has 11 heteroatoms. The first kappa shape index (κ1) is 38.3. The van der Waals surface area contributed by atoms with E-state index >= 15 is 0 Å². The number of piperidine rings is 4. The van der Waals surface area contributed by atoms with Crippen molar-refractivity contribution < 1.29 is 14.4 Å². The molecular weight excluding hydrogens is 722 g/mol. The summed E-state index contributed by atoms with van der Waals surface area (Å²) in [7, 11) is 0. The summed E-state index contributed by atoms with van der Waals surface area (Å²) in [6, 6.07) is 24.8. The van der Waals surface area contributed by atoms with Gasteiger partial charge in [-0.2, -0.15) is 5.26 Å². The Kier molecular flexibility index (Phi) is 11.3. The number of nitriles is 1. The summed E-state index contributed by atoms with van der Waals surface area (Å²) in [4.78, 5) is 46.7. The SMILES string of the molecule is C[C@@H]1CC2(CCN(c3ccc(C(=O)N4CCC(CN5CCC(c6ccc(NC7CCC(=O)NC7=O)cc6)CC5)CC4)cc3)CC2)CN1c1ccc(C#N)c(Cl)c1. The Labute approximate surface area is 336 Å². The highest BCUT2D eigenvalue weighted by molar-refractivity contribution is 6.32. The lowest BCUT2D eigenvalue weighted by Gasteiger charge is -2.40. The Morgan fingerprint density at radius 2 is 1.59 bits per heavy atom. The van der Waals surface area contributed by atoms with Crippen LogP contribution in [0.1, 0.15) is 92.1 Å². The molecule has 10 nitrogen and oxygen atoms in total. The molecule has 0 aromatic heterocycles. The predicted molar refractivity (Wildman–Crippen MR) is 221 cm³/mol. The number of carbonyl (C=O) groups excluding carboxylic acids is 3. The fourth-order valence-electron chi connectivity index (χ4n) is 10.1. The first-order chi connectivity index (χ1) is 27.1. The van der Waals surface area contributed by atoms with E-state index < -0.39 is 0 Å². The molecule has 0 saturated carbocycles. The van der Waals surface area contributed by atoms with Crippen LogP contribution in [0.3, 0.4) is 0 Å². The Morgan fingerprint density at radius 3 is 2.25 bits per heavy atom. The molecule has 5 heterocycles. The fraction of sp³-hybridized carbons (Fsp3) is 0.511. The van der Waals surface area contributed by atoms with Crippen molar-refractivity contribution in [3.63, 3.8) is 0 Å². The molecule has 0 aliphatic carbocycles. The number of nitrogens with zero attached hydrogens (tertiary/aromatic N) is 5. The lowest BCUT2D eigenvalue weighted by atomic mass is 9.76. The van der Waals surface area contributed by atoms with Gasteiger partial charge in [0, 0.05) is 74.4 Å². The van der Waals surface area contributed by atoms with Gasteiger partial charge in [0.05, 0.1) is 10.6 Å². The molecule has 2 atom stereocenters. The third-order valence-corrected chi connectivity index (χ3v) is 13.8. The van der Waals surface area contributed by atoms with Gasteiger partial charge < -0.3 is 24.9 Å².